The maximum Gasteiger partial charge on any atom is 0.235 e. The molecule has 0 spiro atoms. The van der Waals surface area contributed by atoms with Gasteiger partial charge in [-0.05, 0) is 119 Å². The molecule has 8 saturated carbocycles. The largest absolute Gasteiger partial charge is 0.299 e. The molecule has 6 heteroatoms. The van der Waals surface area contributed by atoms with Crippen molar-refractivity contribution >= 4 is 23.6 Å². The van der Waals surface area contributed by atoms with Gasteiger partial charge in [-0.25, -0.2) is 4.98 Å². The van der Waals surface area contributed by atoms with Crippen molar-refractivity contribution < 1.29 is 9.59 Å². The Hall–Kier alpha value is -1.98. The summed E-state index contributed by atoms with van der Waals surface area (Å²) in [6.45, 7) is 0. The summed E-state index contributed by atoms with van der Waals surface area (Å²) in [6, 6.07) is 1.82. The molecule has 0 atom stereocenters. The van der Waals surface area contributed by atoms with Crippen LogP contribution in [0.3, 0.4) is 0 Å². The maximum atomic E-state index is 13.8. The monoisotopic (exact) mass is 462 g/mol. The third kappa shape index (κ3) is 3.12. The van der Waals surface area contributed by atoms with Gasteiger partial charge in [-0.1, -0.05) is 0 Å². The van der Waals surface area contributed by atoms with Crippen LogP contribution >= 0.6 is 0 Å². The lowest BCUT2D eigenvalue weighted by molar-refractivity contribution is -0.143. The van der Waals surface area contributed by atoms with Gasteiger partial charge in [0, 0.05) is 20.3 Å². The number of hydrogen-bond donors (Lipinski definition) is 0. The van der Waals surface area contributed by atoms with E-state index in [1.807, 2.05) is 20.2 Å². The summed E-state index contributed by atoms with van der Waals surface area (Å²) in [5, 5.41) is 0. The van der Waals surface area contributed by atoms with E-state index < -0.39 is 0 Å². The molecule has 1 aromatic heterocycles. The third-order valence-electron chi connectivity index (χ3n) is 10.9. The minimum atomic E-state index is -0.218. The van der Waals surface area contributed by atoms with Crippen LogP contribution < -0.4 is 9.80 Å². The molecule has 8 aliphatic rings. The molecule has 8 aliphatic carbocycles. The summed E-state index contributed by atoms with van der Waals surface area (Å²) < 4.78 is 0. The molecule has 0 aromatic carbocycles. The highest BCUT2D eigenvalue weighted by molar-refractivity contribution is 5.98. The zero-order valence-electron chi connectivity index (χ0n) is 20.7. The second-order valence-electron chi connectivity index (χ2n) is 13.3. The van der Waals surface area contributed by atoms with E-state index in [9.17, 15) is 9.59 Å². The Morgan fingerprint density at radius 1 is 0.706 bits per heavy atom. The molecular formula is C28H38N4O2. The first kappa shape index (κ1) is 21.3. The fourth-order valence-corrected chi connectivity index (χ4v) is 10.3. The molecule has 0 radical (unpaired) electrons. The van der Waals surface area contributed by atoms with Crippen LogP contribution in [0, 0.1) is 46.3 Å². The Labute approximate surface area is 202 Å². The smallest absolute Gasteiger partial charge is 0.235 e. The number of carbonyl (C=O) groups excluding carboxylic acids is 2. The molecule has 182 valence electrons. The number of hydrogen-bond acceptors (Lipinski definition) is 4. The van der Waals surface area contributed by atoms with Crippen molar-refractivity contribution in [1.82, 2.24) is 9.97 Å². The van der Waals surface area contributed by atoms with Crippen molar-refractivity contribution in [2.24, 2.45) is 46.3 Å². The lowest BCUT2D eigenvalue weighted by Crippen LogP contribution is -2.54. The van der Waals surface area contributed by atoms with Crippen LogP contribution in [0.2, 0.25) is 0 Å². The second-order valence-corrected chi connectivity index (χ2v) is 13.3. The van der Waals surface area contributed by atoms with Crippen molar-refractivity contribution in [3.8, 4) is 0 Å². The summed E-state index contributed by atoms with van der Waals surface area (Å²) in [6.07, 6.45) is 15.9. The molecule has 0 N–H and O–H groups in total. The molecule has 9 rings (SSSR count). The van der Waals surface area contributed by atoms with Crippen LogP contribution in [0.25, 0.3) is 0 Å². The van der Waals surface area contributed by atoms with Crippen LogP contribution in [0.1, 0.15) is 77.0 Å². The predicted octanol–water partition coefficient (Wildman–Crippen LogP) is 4.84. The van der Waals surface area contributed by atoms with Gasteiger partial charge in [0.05, 0.1) is 10.8 Å². The molecule has 8 bridgehead atoms. The minimum Gasteiger partial charge on any atom is -0.299 e. The first-order chi connectivity index (χ1) is 16.3. The summed E-state index contributed by atoms with van der Waals surface area (Å²) in [4.78, 5) is 40.3. The summed E-state index contributed by atoms with van der Waals surface area (Å²) in [5.74, 6) is 5.83. The second kappa shape index (κ2) is 7.27. The Balaban J connectivity index is 1.12. The van der Waals surface area contributed by atoms with E-state index in [1.165, 1.54) is 38.5 Å². The third-order valence-corrected chi connectivity index (χ3v) is 10.9. The fraction of sp³-hybridized carbons (Fsp3) is 0.786. The number of amides is 2. The average molecular weight is 463 g/mol. The van der Waals surface area contributed by atoms with Gasteiger partial charge in [0.2, 0.25) is 17.8 Å². The van der Waals surface area contributed by atoms with E-state index >= 15 is 0 Å². The molecule has 0 saturated heterocycles. The highest BCUT2D eigenvalue weighted by atomic mass is 16.2. The fourth-order valence-electron chi connectivity index (χ4n) is 10.3. The van der Waals surface area contributed by atoms with Crippen LogP contribution in [0.5, 0.6) is 0 Å². The topological polar surface area (TPSA) is 66.4 Å². The zero-order chi connectivity index (χ0) is 23.2. The standard InChI is InChI=1S/C28H38N4O2/c1-31(24(33)27-11-17-5-18(12-27)7-19(6-17)13-27)23-3-4-29-26(30-23)32(2)25(34)28-14-20-8-21(15-28)10-22(9-20)16-28/h3-4,17-22H,5-16H2,1-2H3. The Morgan fingerprint density at radius 3 is 1.50 bits per heavy atom. The van der Waals surface area contributed by atoms with Gasteiger partial charge in [0.15, 0.2) is 0 Å². The van der Waals surface area contributed by atoms with Gasteiger partial charge in [-0.15, -0.1) is 0 Å². The molecule has 0 unspecified atom stereocenters. The number of rotatable bonds is 4. The van der Waals surface area contributed by atoms with Crippen LogP contribution in [-0.2, 0) is 9.59 Å². The average Bonchev–Trinajstić information content (AvgIpc) is 2.80. The lowest BCUT2D eigenvalue weighted by Gasteiger charge is -2.56. The van der Waals surface area contributed by atoms with Gasteiger partial charge in [-0.3, -0.25) is 19.4 Å². The Kier molecular flexibility index (Phi) is 4.56. The molecule has 6 nitrogen and oxygen atoms in total. The van der Waals surface area contributed by atoms with Crippen molar-refractivity contribution in [3.05, 3.63) is 12.3 Å². The Bertz CT molecular complexity index is 887. The summed E-state index contributed by atoms with van der Waals surface area (Å²) >= 11 is 0. The number of carbonyl (C=O) groups is 2. The van der Waals surface area contributed by atoms with Crippen molar-refractivity contribution in [3.63, 3.8) is 0 Å². The maximum absolute atomic E-state index is 13.8. The normalized spacial score (nSPS) is 43.2. The highest BCUT2D eigenvalue weighted by Crippen LogP contribution is 2.61. The minimum absolute atomic E-state index is 0.193. The van der Waals surface area contributed by atoms with Gasteiger partial charge >= 0.3 is 0 Å². The number of anilines is 2. The van der Waals surface area contributed by atoms with E-state index in [1.54, 1.807) is 16.0 Å². The van der Waals surface area contributed by atoms with Crippen LogP contribution in [0.4, 0.5) is 11.8 Å². The van der Waals surface area contributed by atoms with Crippen LogP contribution in [0.15, 0.2) is 12.3 Å². The van der Waals surface area contributed by atoms with Crippen LogP contribution in [-0.4, -0.2) is 35.9 Å². The lowest BCUT2D eigenvalue weighted by atomic mass is 9.49. The highest BCUT2D eigenvalue weighted by Gasteiger charge is 2.57. The van der Waals surface area contributed by atoms with Gasteiger partial charge < -0.3 is 0 Å². The summed E-state index contributed by atoms with van der Waals surface area (Å²) in [7, 11) is 3.70. The van der Waals surface area contributed by atoms with Gasteiger partial charge in [0.1, 0.15) is 5.82 Å². The molecule has 1 heterocycles. The molecular weight excluding hydrogens is 424 g/mol. The molecule has 34 heavy (non-hydrogen) atoms. The quantitative estimate of drug-likeness (QED) is 0.642. The number of nitrogens with zero attached hydrogens (tertiary/aromatic N) is 4. The van der Waals surface area contributed by atoms with E-state index in [2.05, 4.69) is 4.98 Å². The van der Waals surface area contributed by atoms with E-state index in [0.717, 1.165) is 74.0 Å². The van der Waals surface area contributed by atoms with E-state index in [-0.39, 0.29) is 22.6 Å². The zero-order valence-corrected chi connectivity index (χ0v) is 20.7. The van der Waals surface area contributed by atoms with Crippen molar-refractivity contribution in [1.29, 1.82) is 0 Å². The van der Waals surface area contributed by atoms with E-state index in [4.69, 9.17) is 4.98 Å². The van der Waals surface area contributed by atoms with Gasteiger partial charge in [-0.2, -0.15) is 4.98 Å². The first-order valence-electron chi connectivity index (χ1n) is 13.7. The molecule has 0 aliphatic heterocycles. The first-order valence-corrected chi connectivity index (χ1v) is 13.7. The van der Waals surface area contributed by atoms with Gasteiger partial charge in [0.25, 0.3) is 0 Å². The SMILES string of the molecule is CN(C(=O)C12CC3CC(CC(C3)C1)C2)c1ccnc(N(C)C(=O)C23CC4CC(CC(C4)C2)C3)n1. The Morgan fingerprint density at radius 2 is 1.09 bits per heavy atom. The van der Waals surface area contributed by atoms with Crippen molar-refractivity contribution in [2.45, 2.75) is 77.0 Å². The molecule has 1 aromatic rings. The summed E-state index contributed by atoms with van der Waals surface area (Å²) in [5.41, 5.74) is -0.417. The van der Waals surface area contributed by atoms with Crippen molar-refractivity contribution in [2.75, 3.05) is 23.9 Å². The molecule has 2 amide bonds. The number of aromatic nitrogens is 2. The predicted molar refractivity (Wildman–Crippen MR) is 130 cm³/mol. The van der Waals surface area contributed by atoms with E-state index in [0.29, 0.717) is 11.8 Å². The molecule has 8 fully saturated rings.